The minimum Gasteiger partial charge on any atom is -0.481 e. The van der Waals surface area contributed by atoms with E-state index in [0.29, 0.717) is 11.8 Å². The van der Waals surface area contributed by atoms with Gasteiger partial charge in [0.2, 0.25) is 5.88 Å². The Balaban J connectivity index is 2.50. The van der Waals surface area contributed by atoms with Crippen LogP contribution >= 0.6 is 0 Å². The van der Waals surface area contributed by atoms with E-state index in [-0.39, 0.29) is 5.54 Å². The molecule has 1 unspecified atom stereocenters. The molecule has 0 saturated carbocycles. The van der Waals surface area contributed by atoms with Crippen LogP contribution in [0.25, 0.3) is 0 Å². The highest BCUT2D eigenvalue weighted by Gasteiger charge is 2.17. The first-order valence-corrected chi connectivity index (χ1v) is 6.91. The number of hydrogen-bond donors (Lipinski definition) is 0. The molecule has 0 aliphatic carbocycles. The van der Waals surface area contributed by atoms with Gasteiger partial charge in [-0.05, 0) is 53.1 Å². The van der Waals surface area contributed by atoms with Crippen LogP contribution < -0.4 is 4.74 Å². The van der Waals surface area contributed by atoms with E-state index in [1.165, 1.54) is 6.33 Å². The topological polar surface area (TPSA) is 38.3 Å². The molecule has 0 saturated heterocycles. The smallest absolute Gasteiger partial charge is 0.219 e. The van der Waals surface area contributed by atoms with Crippen LogP contribution in [0.5, 0.6) is 5.88 Å². The third kappa shape index (κ3) is 4.78. The minimum absolute atomic E-state index is 0.233. The Labute approximate surface area is 117 Å². The SMILES string of the molecule is COc1ncncc1C(C)CCCN(C)C(C)(C)C. The first kappa shape index (κ1) is 15.9. The van der Waals surface area contributed by atoms with Gasteiger partial charge in [0.05, 0.1) is 7.11 Å². The van der Waals surface area contributed by atoms with Crippen molar-refractivity contribution in [1.29, 1.82) is 0 Å². The second-order valence-electron chi connectivity index (χ2n) is 6.12. The Morgan fingerprint density at radius 1 is 1.37 bits per heavy atom. The highest BCUT2D eigenvalue weighted by atomic mass is 16.5. The minimum atomic E-state index is 0.233. The molecule has 0 N–H and O–H groups in total. The quantitative estimate of drug-likeness (QED) is 0.792. The Kier molecular flexibility index (Phi) is 5.73. The lowest BCUT2D eigenvalue weighted by Gasteiger charge is -2.32. The number of nitrogens with zero attached hydrogens (tertiary/aromatic N) is 3. The molecular formula is C15H27N3O. The lowest BCUT2D eigenvalue weighted by molar-refractivity contribution is 0.171. The number of hydrogen-bond acceptors (Lipinski definition) is 4. The van der Waals surface area contributed by atoms with E-state index in [1.807, 2.05) is 6.20 Å². The molecule has 108 valence electrons. The summed E-state index contributed by atoms with van der Waals surface area (Å²) < 4.78 is 5.29. The third-order valence-electron chi connectivity index (χ3n) is 3.70. The predicted octanol–water partition coefficient (Wildman–Crippen LogP) is 3.10. The van der Waals surface area contributed by atoms with Crippen LogP contribution in [0, 0.1) is 0 Å². The van der Waals surface area contributed by atoms with Gasteiger partial charge in [0.1, 0.15) is 6.33 Å². The maximum absolute atomic E-state index is 5.29. The molecule has 1 aromatic rings. The van der Waals surface area contributed by atoms with Crippen molar-refractivity contribution in [3.05, 3.63) is 18.1 Å². The molecule has 19 heavy (non-hydrogen) atoms. The van der Waals surface area contributed by atoms with Crippen LogP contribution in [-0.2, 0) is 0 Å². The van der Waals surface area contributed by atoms with Crippen LogP contribution in [-0.4, -0.2) is 41.1 Å². The lowest BCUT2D eigenvalue weighted by Crippen LogP contribution is -2.38. The summed E-state index contributed by atoms with van der Waals surface area (Å²) >= 11 is 0. The maximum Gasteiger partial charge on any atom is 0.219 e. The van der Waals surface area contributed by atoms with E-state index >= 15 is 0 Å². The molecule has 0 aliphatic rings. The monoisotopic (exact) mass is 265 g/mol. The zero-order valence-corrected chi connectivity index (χ0v) is 13.1. The molecule has 0 bridgehead atoms. The summed E-state index contributed by atoms with van der Waals surface area (Å²) in [5.41, 5.74) is 1.33. The van der Waals surface area contributed by atoms with E-state index in [1.54, 1.807) is 7.11 Å². The molecule has 0 amide bonds. The Morgan fingerprint density at radius 3 is 2.63 bits per heavy atom. The molecule has 0 spiro atoms. The van der Waals surface area contributed by atoms with E-state index in [9.17, 15) is 0 Å². The molecule has 1 heterocycles. The van der Waals surface area contributed by atoms with Gasteiger partial charge in [-0.25, -0.2) is 9.97 Å². The molecule has 0 fully saturated rings. The highest BCUT2D eigenvalue weighted by Crippen LogP contribution is 2.27. The first-order valence-electron chi connectivity index (χ1n) is 6.91. The van der Waals surface area contributed by atoms with Gasteiger partial charge in [0.15, 0.2) is 0 Å². The van der Waals surface area contributed by atoms with Gasteiger partial charge in [-0.1, -0.05) is 6.92 Å². The summed E-state index contributed by atoms with van der Waals surface area (Å²) in [5.74, 6) is 1.12. The molecule has 0 aliphatic heterocycles. The second-order valence-corrected chi connectivity index (χ2v) is 6.12. The van der Waals surface area contributed by atoms with Gasteiger partial charge in [-0.2, -0.15) is 0 Å². The van der Waals surface area contributed by atoms with Crippen molar-refractivity contribution in [2.45, 2.75) is 52.0 Å². The summed E-state index contributed by atoms with van der Waals surface area (Å²) in [6, 6.07) is 0. The fourth-order valence-corrected chi connectivity index (χ4v) is 1.96. The van der Waals surface area contributed by atoms with E-state index in [2.05, 4.69) is 49.6 Å². The Hall–Kier alpha value is -1.16. The molecule has 1 rings (SSSR count). The van der Waals surface area contributed by atoms with E-state index in [4.69, 9.17) is 4.74 Å². The normalized spacial score (nSPS) is 13.6. The average molecular weight is 265 g/mol. The van der Waals surface area contributed by atoms with Crippen LogP contribution in [0.3, 0.4) is 0 Å². The van der Waals surface area contributed by atoms with Crippen molar-refractivity contribution >= 4 is 0 Å². The van der Waals surface area contributed by atoms with Gasteiger partial charge in [-0.3, -0.25) is 0 Å². The summed E-state index contributed by atoms with van der Waals surface area (Å²) in [4.78, 5) is 10.6. The van der Waals surface area contributed by atoms with Crippen LogP contribution in [0.2, 0.25) is 0 Å². The fourth-order valence-electron chi connectivity index (χ4n) is 1.96. The van der Waals surface area contributed by atoms with E-state index in [0.717, 1.165) is 24.9 Å². The molecule has 4 nitrogen and oxygen atoms in total. The van der Waals surface area contributed by atoms with Crippen molar-refractivity contribution < 1.29 is 4.74 Å². The van der Waals surface area contributed by atoms with Gasteiger partial charge < -0.3 is 9.64 Å². The number of rotatable bonds is 6. The summed E-state index contributed by atoms with van der Waals surface area (Å²) in [6.07, 6.45) is 5.67. The standard InChI is InChI=1S/C15H27N3O/c1-12(8-7-9-18(5)15(2,3)4)13-10-16-11-17-14(13)19-6/h10-12H,7-9H2,1-6H3. The zero-order valence-electron chi connectivity index (χ0n) is 13.1. The lowest BCUT2D eigenvalue weighted by atomic mass is 9.97. The van der Waals surface area contributed by atoms with Gasteiger partial charge in [0.25, 0.3) is 0 Å². The maximum atomic E-state index is 5.29. The summed E-state index contributed by atoms with van der Waals surface area (Å²) in [7, 11) is 3.84. The van der Waals surface area contributed by atoms with Crippen molar-refractivity contribution in [2.24, 2.45) is 0 Å². The summed E-state index contributed by atoms with van der Waals surface area (Å²) in [6.45, 7) is 10.0. The number of methoxy groups -OCH3 is 1. The van der Waals surface area contributed by atoms with Crippen molar-refractivity contribution in [3.8, 4) is 5.88 Å². The summed E-state index contributed by atoms with van der Waals surface area (Å²) in [5, 5.41) is 0. The number of aromatic nitrogens is 2. The van der Waals surface area contributed by atoms with Gasteiger partial charge >= 0.3 is 0 Å². The molecule has 4 heteroatoms. The van der Waals surface area contributed by atoms with Gasteiger partial charge in [-0.15, -0.1) is 0 Å². The molecular weight excluding hydrogens is 238 g/mol. The van der Waals surface area contributed by atoms with Crippen LogP contribution in [0.4, 0.5) is 0 Å². The van der Waals surface area contributed by atoms with E-state index < -0.39 is 0 Å². The Morgan fingerprint density at radius 2 is 2.05 bits per heavy atom. The van der Waals surface area contributed by atoms with Crippen molar-refractivity contribution in [1.82, 2.24) is 14.9 Å². The molecule has 0 aromatic carbocycles. The molecule has 0 radical (unpaired) electrons. The molecule has 1 atom stereocenters. The zero-order chi connectivity index (χ0) is 14.5. The molecule has 1 aromatic heterocycles. The predicted molar refractivity (Wildman–Crippen MR) is 78.6 cm³/mol. The largest absolute Gasteiger partial charge is 0.481 e. The number of ether oxygens (including phenoxy) is 1. The van der Waals surface area contributed by atoms with Crippen LogP contribution in [0.1, 0.15) is 52.0 Å². The van der Waals surface area contributed by atoms with Crippen molar-refractivity contribution in [2.75, 3.05) is 20.7 Å². The second kappa shape index (κ2) is 6.85. The van der Waals surface area contributed by atoms with Crippen molar-refractivity contribution in [3.63, 3.8) is 0 Å². The fraction of sp³-hybridized carbons (Fsp3) is 0.733. The average Bonchev–Trinajstić information content (AvgIpc) is 2.37. The van der Waals surface area contributed by atoms with Crippen LogP contribution in [0.15, 0.2) is 12.5 Å². The third-order valence-corrected chi connectivity index (χ3v) is 3.70. The first-order chi connectivity index (χ1) is 8.86. The van der Waals surface area contributed by atoms with Gasteiger partial charge in [0, 0.05) is 17.3 Å². The highest BCUT2D eigenvalue weighted by molar-refractivity contribution is 5.25. The Bertz CT molecular complexity index is 387.